The molecule has 3 aromatic rings. The molecular weight excluding hydrogens is 324 g/mol. The van der Waals surface area contributed by atoms with E-state index in [1.165, 1.54) is 11.8 Å². The molecule has 24 heavy (non-hydrogen) atoms. The largest absolute Gasteiger partial charge is 0.378 e. The van der Waals surface area contributed by atoms with Crippen LogP contribution >= 0.6 is 11.8 Å². The summed E-state index contributed by atoms with van der Waals surface area (Å²) in [6, 6.07) is 12.1. The number of benzene rings is 1. The second-order valence-electron chi connectivity index (χ2n) is 5.77. The van der Waals surface area contributed by atoms with E-state index in [1.54, 1.807) is 0 Å². The molecule has 2 aromatic heterocycles. The molecule has 1 aliphatic rings. The summed E-state index contributed by atoms with van der Waals surface area (Å²) in [5, 5.41) is 10.2. The standard InChI is InChI=1S/C17H18N4O2S/c1-12(16(22)20-8-10-23-11-9-20)24-17-19-18-15-7-6-13-4-2-3-5-14(13)21(15)17/h2-7,12H,8-11H2,1H3/t12-/m0/s1. The first-order valence-electron chi connectivity index (χ1n) is 8.00. The Morgan fingerprint density at radius 2 is 1.96 bits per heavy atom. The fourth-order valence-electron chi connectivity index (χ4n) is 2.94. The molecule has 0 bridgehead atoms. The molecule has 0 saturated carbocycles. The minimum Gasteiger partial charge on any atom is -0.378 e. The van der Waals surface area contributed by atoms with Crippen molar-refractivity contribution in [3.05, 3.63) is 36.4 Å². The van der Waals surface area contributed by atoms with E-state index in [4.69, 9.17) is 4.74 Å². The van der Waals surface area contributed by atoms with Crippen molar-refractivity contribution in [3.63, 3.8) is 0 Å². The Morgan fingerprint density at radius 1 is 1.17 bits per heavy atom. The number of amides is 1. The Kier molecular flexibility index (Phi) is 4.12. The van der Waals surface area contributed by atoms with Crippen LogP contribution < -0.4 is 0 Å². The van der Waals surface area contributed by atoms with Crippen molar-refractivity contribution in [1.29, 1.82) is 0 Å². The van der Waals surface area contributed by atoms with Crippen LogP contribution in [0, 0.1) is 0 Å². The van der Waals surface area contributed by atoms with Crippen LogP contribution in [0.15, 0.2) is 41.6 Å². The quantitative estimate of drug-likeness (QED) is 0.683. The Morgan fingerprint density at radius 3 is 2.79 bits per heavy atom. The molecule has 1 saturated heterocycles. The van der Waals surface area contributed by atoms with Gasteiger partial charge in [0.05, 0.1) is 24.0 Å². The molecule has 3 heterocycles. The van der Waals surface area contributed by atoms with Crippen LogP contribution in [-0.2, 0) is 9.53 Å². The third-order valence-electron chi connectivity index (χ3n) is 4.20. The normalized spacial score (nSPS) is 16.6. The minimum absolute atomic E-state index is 0.125. The lowest BCUT2D eigenvalue weighted by molar-refractivity contribution is -0.134. The Bertz CT molecular complexity index is 889. The van der Waals surface area contributed by atoms with Gasteiger partial charge in [0.2, 0.25) is 5.91 Å². The first kappa shape index (κ1) is 15.4. The maximum atomic E-state index is 12.6. The number of fused-ring (bicyclic) bond motifs is 3. The number of para-hydroxylation sites is 1. The molecule has 0 spiro atoms. The number of aromatic nitrogens is 3. The van der Waals surface area contributed by atoms with Crippen LogP contribution in [0.2, 0.25) is 0 Å². The van der Waals surface area contributed by atoms with Crippen molar-refractivity contribution in [2.75, 3.05) is 26.3 Å². The third kappa shape index (κ3) is 2.74. The number of rotatable bonds is 3. The summed E-state index contributed by atoms with van der Waals surface area (Å²) in [6.45, 7) is 4.47. The summed E-state index contributed by atoms with van der Waals surface area (Å²) in [7, 11) is 0. The fraction of sp³-hybridized carbons (Fsp3) is 0.353. The molecule has 0 aliphatic carbocycles. The molecule has 1 aromatic carbocycles. The molecule has 0 N–H and O–H groups in total. The van der Waals surface area contributed by atoms with Crippen molar-refractivity contribution >= 4 is 34.2 Å². The van der Waals surface area contributed by atoms with E-state index in [9.17, 15) is 4.79 Å². The zero-order valence-corrected chi connectivity index (χ0v) is 14.2. The van der Waals surface area contributed by atoms with Crippen LogP contribution in [0.4, 0.5) is 0 Å². The molecule has 124 valence electrons. The Labute approximate surface area is 143 Å². The van der Waals surface area contributed by atoms with Gasteiger partial charge in [0, 0.05) is 13.1 Å². The van der Waals surface area contributed by atoms with Crippen LogP contribution in [0.1, 0.15) is 6.92 Å². The molecule has 0 unspecified atom stereocenters. The van der Waals surface area contributed by atoms with Gasteiger partial charge in [-0.1, -0.05) is 30.0 Å². The predicted octanol–water partition coefficient (Wildman–Crippen LogP) is 2.22. The van der Waals surface area contributed by atoms with E-state index in [-0.39, 0.29) is 11.2 Å². The molecule has 0 radical (unpaired) electrons. The van der Waals surface area contributed by atoms with Gasteiger partial charge in [0.15, 0.2) is 10.8 Å². The first-order chi connectivity index (χ1) is 11.7. The van der Waals surface area contributed by atoms with Gasteiger partial charge in [-0.25, -0.2) is 0 Å². The van der Waals surface area contributed by atoms with E-state index in [1.807, 2.05) is 46.6 Å². The summed E-state index contributed by atoms with van der Waals surface area (Å²) in [5.74, 6) is 0.125. The van der Waals surface area contributed by atoms with Gasteiger partial charge in [0.1, 0.15) is 0 Å². The number of nitrogens with zero attached hydrogens (tertiary/aromatic N) is 4. The van der Waals surface area contributed by atoms with Crippen molar-refractivity contribution < 1.29 is 9.53 Å². The number of hydrogen-bond donors (Lipinski definition) is 0. The molecule has 1 aliphatic heterocycles. The molecule has 6 nitrogen and oxygen atoms in total. The van der Waals surface area contributed by atoms with Crippen molar-refractivity contribution in [3.8, 4) is 0 Å². The lowest BCUT2D eigenvalue weighted by atomic mass is 10.2. The van der Waals surface area contributed by atoms with Crippen molar-refractivity contribution in [1.82, 2.24) is 19.5 Å². The Hall–Kier alpha value is -2.12. The molecule has 1 fully saturated rings. The van der Waals surface area contributed by atoms with E-state index in [0.29, 0.717) is 26.3 Å². The minimum atomic E-state index is -0.213. The van der Waals surface area contributed by atoms with Gasteiger partial charge < -0.3 is 9.64 Å². The van der Waals surface area contributed by atoms with Crippen LogP contribution in [-0.4, -0.2) is 57.0 Å². The van der Waals surface area contributed by atoms with Gasteiger partial charge in [0.25, 0.3) is 0 Å². The number of pyridine rings is 1. The van der Waals surface area contributed by atoms with Crippen LogP contribution in [0.3, 0.4) is 0 Å². The van der Waals surface area contributed by atoms with E-state index >= 15 is 0 Å². The molecule has 1 atom stereocenters. The molecular formula is C17H18N4O2S. The highest BCUT2D eigenvalue weighted by Crippen LogP contribution is 2.27. The van der Waals surface area contributed by atoms with Gasteiger partial charge in [-0.2, -0.15) is 0 Å². The van der Waals surface area contributed by atoms with Crippen LogP contribution in [0.5, 0.6) is 0 Å². The van der Waals surface area contributed by atoms with E-state index in [0.717, 1.165) is 21.7 Å². The highest BCUT2D eigenvalue weighted by atomic mass is 32.2. The zero-order chi connectivity index (χ0) is 16.5. The van der Waals surface area contributed by atoms with Gasteiger partial charge in [-0.05, 0) is 30.5 Å². The number of ether oxygens (including phenoxy) is 1. The summed E-state index contributed by atoms with van der Waals surface area (Å²) in [6.07, 6.45) is 0. The maximum Gasteiger partial charge on any atom is 0.236 e. The SMILES string of the molecule is C[C@H](Sc1nnc2ccc3ccccc3n12)C(=O)N1CCOCC1. The first-order valence-corrected chi connectivity index (χ1v) is 8.88. The summed E-state index contributed by atoms with van der Waals surface area (Å²) in [4.78, 5) is 14.5. The van der Waals surface area contributed by atoms with Crippen molar-refractivity contribution in [2.45, 2.75) is 17.3 Å². The smallest absolute Gasteiger partial charge is 0.236 e. The average molecular weight is 342 g/mol. The summed E-state index contributed by atoms with van der Waals surface area (Å²) >= 11 is 1.45. The van der Waals surface area contributed by atoms with Crippen molar-refractivity contribution in [2.24, 2.45) is 0 Å². The third-order valence-corrected chi connectivity index (χ3v) is 5.23. The fourth-order valence-corrected chi connectivity index (χ4v) is 3.89. The zero-order valence-electron chi connectivity index (χ0n) is 13.4. The molecule has 1 amide bonds. The predicted molar refractivity (Wildman–Crippen MR) is 93.2 cm³/mol. The monoisotopic (exact) mass is 342 g/mol. The topological polar surface area (TPSA) is 59.7 Å². The molecule has 4 rings (SSSR count). The maximum absolute atomic E-state index is 12.6. The number of carbonyl (C=O) groups is 1. The van der Waals surface area contributed by atoms with Gasteiger partial charge >= 0.3 is 0 Å². The number of morpholine rings is 1. The van der Waals surface area contributed by atoms with Gasteiger partial charge in [-0.15, -0.1) is 10.2 Å². The summed E-state index contributed by atoms with van der Waals surface area (Å²) in [5.41, 5.74) is 1.84. The highest BCUT2D eigenvalue weighted by molar-refractivity contribution is 8.00. The average Bonchev–Trinajstić information content (AvgIpc) is 3.05. The number of carbonyl (C=O) groups excluding carboxylic acids is 1. The second kappa shape index (κ2) is 6.41. The number of thioether (sulfide) groups is 1. The second-order valence-corrected chi connectivity index (χ2v) is 7.07. The Balaban J connectivity index is 1.64. The summed E-state index contributed by atoms with van der Waals surface area (Å²) < 4.78 is 7.33. The lowest BCUT2D eigenvalue weighted by Crippen LogP contribution is -2.44. The number of hydrogen-bond acceptors (Lipinski definition) is 5. The lowest BCUT2D eigenvalue weighted by Gasteiger charge is -2.28. The van der Waals surface area contributed by atoms with E-state index < -0.39 is 0 Å². The highest BCUT2D eigenvalue weighted by Gasteiger charge is 2.25. The van der Waals surface area contributed by atoms with Crippen LogP contribution in [0.25, 0.3) is 16.6 Å². The van der Waals surface area contributed by atoms with E-state index in [2.05, 4.69) is 16.3 Å². The molecule has 7 heteroatoms. The van der Waals surface area contributed by atoms with Gasteiger partial charge in [-0.3, -0.25) is 9.20 Å².